The first kappa shape index (κ1) is 22.5. The Kier molecular flexibility index (Phi) is 5.98. The van der Waals surface area contributed by atoms with Gasteiger partial charge in [0.25, 0.3) is 0 Å². The van der Waals surface area contributed by atoms with E-state index in [1.165, 1.54) is 27.8 Å². The summed E-state index contributed by atoms with van der Waals surface area (Å²) in [6.45, 7) is 12.2. The van der Waals surface area contributed by atoms with Crippen LogP contribution in [-0.2, 0) is 17.6 Å². The molecule has 1 aliphatic carbocycles. The number of carbonyl (C=O) groups excluding carboxylic acids is 1. The average molecular weight is 447 g/mol. The van der Waals surface area contributed by atoms with Crippen LogP contribution in [0.3, 0.4) is 0 Å². The molecule has 0 radical (unpaired) electrons. The van der Waals surface area contributed by atoms with E-state index in [0.717, 1.165) is 45.3 Å². The largest absolute Gasteiger partial charge is 0.445 e. The summed E-state index contributed by atoms with van der Waals surface area (Å²) in [5.41, 5.74) is 6.40. The molecule has 1 N–H and O–H groups in total. The molecule has 0 unspecified atom stereocenters. The van der Waals surface area contributed by atoms with E-state index in [1.54, 1.807) is 0 Å². The molecule has 2 aromatic carbocycles. The normalized spacial score (nSPS) is 27.4. The van der Waals surface area contributed by atoms with Crippen LogP contribution in [0.5, 0.6) is 0 Å². The van der Waals surface area contributed by atoms with Gasteiger partial charge in [0.15, 0.2) is 0 Å². The number of nitrogens with one attached hydrogen (secondary N) is 1. The summed E-state index contributed by atoms with van der Waals surface area (Å²) in [5, 5.41) is 3.24. The molecule has 2 atom stereocenters. The highest BCUT2D eigenvalue weighted by atomic mass is 16.6. The zero-order valence-electron chi connectivity index (χ0n) is 20.6. The zero-order valence-corrected chi connectivity index (χ0v) is 20.6. The second kappa shape index (κ2) is 8.79. The third-order valence-corrected chi connectivity index (χ3v) is 7.93. The molecule has 176 valence electrons. The summed E-state index contributed by atoms with van der Waals surface area (Å²) in [5.74, 6) is 1.19. The third kappa shape index (κ3) is 4.68. The van der Waals surface area contributed by atoms with Crippen molar-refractivity contribution < 1.29 is 9.53 Å². The summed E-state index contributed by atoms with van der Waals surface area (Å²) < 4.78 is 5.94. The molecule has 2 bridgehead atoms. The van der Waals surface area contributed by atoms with E-state index >= 15 is 0 Å². The maximum Gasteiger partial charge on any atom is 0.407 e. The number of nitrogens with zero attached hydrogens (tertiary/aromatic N) is 1. The lowest BCUT2D eigenvalue weighted by Crippen LogP contribution is -2.53. The van der Waals surface area contributed by atoms with Crippen molar-refractivity contribution in [1.82, 2.24) is 10.2 Å². The molecule has 3 heterocycles. The number of alkyl carbamates (subject to hydrolysis) is 1. The number of amides is 1. The van der Waals surface area contributed by atoms with E-state index in [1.807, 2.05) is 0 Å². The van der Waals surface area contributed by atoms with Crippen molar-refractivity contribution in [3.8, 4) is 11.1 Å². The number of benzene rings is 2. The molecule has 3 aliphatic heterocycles. The van der Waals surface area contributed by atoms with Gasteiger partial charge in [0.2, 0.25) is 0 Å². The minimum absolute atomic E-state index is 0.0245. The highest BCUT2D eigenvalue weighted by Gasteiger charge is 2.42. The number of piperidine rings is 3. The van der Waals surface area contributed by atoms with E-state index in [2.05, 4.69) is 80.4 Å². The van der Waals surface area contributed by atoms with Gasteiger partial charge in [0, 0.05) is 6.54 Å². The molecule has 0 aromatic heterocycles. The lowest BCUT2D eigenvalue weighted by atomic mass is 9.85. The minimum Gasteiger partial charge on any atom is -0.445 e. The fraction of sp³-hybridized carbons (Fsp3) is 0.552. The minimum atomic E-state index is -0.260. The fourth-order valence-electron chi connectivity index (χ4n) is 6.15. The standard InChI is InChI=1S/C29H38N2O2/c1-19(2)15-20-5-7-21(8-6-20)23-9-10-25-24(16-23)17-29(3,4)27(25)30-28(32)33-26-18-31-13-11-22(26)12-14-31/h5-10,16,19,22,26-27H,11-15,17-18H2,1-4H3,(H,30,32)/t26-,27+/m1/s1. The van der Waals surface area contributed by atoms with Crippen molar-refractivity contribution in [3.05, 3.63) is 59.2 Å². The van der Waals surface area contributed by atoms with Gasteiger partial charge >= 0.3 is 6.09 Å². The van der Waals surface area contributed by atoms with Crippen molar-refractivity contribution in [3.63, 3.8) is 0 Å². The molecule has 4 nitrogen and oxygen atoms in total. The summed E-state index contributed by atoms with van der Waals surface area (Å²) in [6.07, 6.45) is 4.14. The molecule has 33 heavy (non-hydrogen) atoms. The quantitative estimate of drug-likeness (QED) is 0.613. The number of hydrogen-bond acceptors (Lipinski definition) is 3. The molecule has 3 saturated heterocycles. The average Bonchev–Trinajstić information content (AvgIpc) is 3.03. The molecule has 1 amide bonds. The Hall–Kier alpha value is -2.33. The van der Waals surface area contributed by atoms with E-state index in [4.69, 9.17) is 4.74 Å². The van der Waals surface area contributed by atoms with E-state index < -0.39 is 0 Å². The second-order valence-corrected chi connectivity index (χ2v) is 11.5. The Morgan fingerprint density at radius 3 is 2.42 bits per heavy atom. The Morgan fingerprint density at radius 2 is 1.79 bits per heavy atom. The summed E-state index contributed by atoms with van der Waals surface area (Å²) in [7, 11) is 0. The van der Waals surface area contributed by atoms with Crippen molar-refractivity contribution in [1.29, 1.82) is 0 Å². The van der Waals surface area contributed by atoms with Crippen LogP contribution in [0.2, 0.25) is 0 Å². The van der Waals surface area contributed by atoms with Gasteiger partial charge in [-0.2, -0.15) is 0 Å². The predicted octanol–water partition coefficient (Wildman–Crippen LogP) is 6.00. The van der Waals surface area contributed by atoms with Gasteiger partial charge < -0.3 is 10.1 Å². The lowest BCUT2D eigenvalue weighted by Gasteiger charge is -2.44. The summed E-state index contributed by atoms with van der Waals surface area (Å²) in [4.78, 5) is 15.3. The van der Waals surface area contributed by atoms with Crippen LogP contribution in [0.15, 0.2) is 42.5 Å². The number of rotatable bonds is 5. The first-order valence-electron chi connectivity index (χ1n) is 12.7. The van der Waals surface area contributed by atoms with Crippen LogP contribution in [0.1, 0.15) is 63.3 Å². The topological polar surface area (TPSA) is 41.6 Å². The van der Waals surface area contributed by atoms with Crippen LogP contribution in [0, 0.1) is 17.3 Å². The van der Waals surface area contributed by atoms with Gasteiger partial charge in [-0.15, -0.1) is 0 Å². The van der Waals surface area contributed by atoms with Crippen molar-refractivity contribution in [2.75, 3.05) is 19.6 Å². The van der Waals surface area contributed by atoms with Gasteiger partial charge in [-0.3, -0.25) is 4.90 Å². The number of carbonyl (C=O) groups is 1. The summed E-state index contributed by atoms with van der Waals surface area (Å²) in [6, 6.07) is 15.7. The third-order valence-electron chi connectivity index (χ3n) is 7.93. The van der Waals surface area contributed by atoms with Crippen LogP contribution < -0.4 is 5.32 Å². The van der Waals surface area contributed by atoms with Crippen molar-refractivity contribution >= 4 is 6.09 Å². The van der Waals surface area contributed by atoms with Gasteiger partial charge in [-0.05, 0) is 83.8 Å². The molecular formula is C29H38N2O2. The van der Waals surface area contributed by atoms with Crippen molar-refractivity contribution in [2.24, 2.45) is 17.3 Å². The highest BCUT2D eigenvalue weighted by Crippen LogP contribution is 2.46. The maximum absolute atomic E-state index is 12.9. The van der Waals surface area contributed by atoms with Gasteiger partial charge in [0.05, 0.1) is 6.04 Å². The van der Waals surface area contributed by atoms with Gasteiger partial charge in [0.1, 0.15) is 6.10 Å². The van der Waals surface area contributed by atoms with Crippen LogP contribution in [0.25, 0.3) is 11.1 Å². The van der Waals surface area contributed by atoms with Gasteiger partial charge in [-0.1, -0.05) is 70.2 Å². The monoisotopic (exact) mass is 446 g/mol. The highest BCUT2D eigenvalue weighted by molar-refractivity contribution is 5.70. The molecule has 0 spiro atoms. The van der Waals surface area contributed by atoms with Crippen LogP contribution in [0.4, 0.5) is 4.79 Å². The summed E-state index contributed by atoms with van der Waals surface area (Å²) >= 11 is 0. The SMILES string of the molecule is CC(C)Cc1ccc(-c2ccc3c(c2)CC(C)(C)[C@H]3NC(=O)O[C@@H]2CN3CCC2CC3)cc1. The van der Waals surface area contributed by atoms with Crippen LogP contribution in [-0.4, -0.2) is 36.7 Å². The van der Waals surface area contributed by atoms with Gasteiger partial charge in [-0.25, -0.2) is 4.79 Å². The predicted molar refractivity (Wildman–Crippen MR) is 133 cm³/mol. The Labute approximate surface area is 198 Å². The Bertz CT molecular complexity index is 1000. The maximum atomic E-state index is 12.9. The van der Waals surface area contributed by atoms with Crippen LogP contribution >= 0.6 is 0 Å². The first-order valence-corrected chi connectivity index (χ1v) is 12.7. The van der Waals surface area contributed by atoms with Crippen molar-refractivity contribution in [2.45, 2.75) is 65.5 Å². The molecular weight excluding hydrogens is 408 g/mol. The van der Waals surface area contributed by atoms with E-state index in [0.29, 0.717) is 11.8 Å². The lowest BCUT2D eigenvalue weighted by molar-refractivity contribution is -0.0348. The smallest absolute Gasteiger partial charge is 0.407 e. The van der Waals surface area contributed by atoms with E-state index in [9.17, 15) is 4.79 Å². The zero-order chi connectivity index (χ0) is 23.2. The molecule has 4 aliphatic rings. The number of ether oxygens (including phenoxy) is 1. The van der Waals surface area contributed by atoms with E-state index in [-0.39, 0.29) is 23.7 Å². The number of fused-ring (bicyclic) bond motifs is 4. The Morgan fingerprint density at radius 1 is 1.09 bits per heavy atom. The fourth-order valence-corrected chi connectivity index (χ4v) is 6.15. The first-order chi connectivity index (χ1) is 15.8. The number of hydrogen-bond donors (Lipinski definition) is 1. The molecule has 3 fully saturated rings. The molecule has 6 rings (SSSR count). The molecule has 4 heteroatoms. The second-order valence-electron chi connectivity index (χ2n) is 11.5. The molecule has 2 aromatic rings. The Balaban J connectivity index is 1.29. The molecule has 0 saturated carbocycles.